The van der Waals surface area contributed by atoms with Gasteiger partial charge in [-0.2, -0.15) is 0 Å². The predicted octanol–water partition coefficient (Wildman–Crippen LogP) is 2.82. The van der Waals surface area contributed by atoms with Crippen molar-refractivity contribution in [2.45, 2.75) is 0 Å². The average Bonchev–Trinajstić information content (AvgIpc) is 2.80. The zero-order valence-electron chi connectivity index (χ0n) is 8.13. The Morgan fingerprint density at radius 3 is 2.67 bits per heavy atom. The van der Waals surface area contributed by atoms with Crippen LogP contribution >= 0.6 is 11.3 Å². The van der Waals surface area contributed by atoms with Crippen molar-refractivity contribution < 1.29 is 5.11 Å². The van der Waals surface area contributed by atoms with Gasteiger partial charge < -0.3 is 5.11 Å². The fourth-order valence-corrected chi connectivity index (χ4v) is 1.94. The van der Waals surface area contributed by atoms with Crippen molar-refractivity contribution in [1.82, 2.24) is 4.98 Å². The van der Waals surface area contributed by atoms with E-state index in [1.807, 2.05) is 35.7 Å². The number of nitrogens with zero attached hydrogens (tertiary/aromatic N) is 1. The molecule has 76 valence electrons. The molecule has 0 fully saturated rings. The minimum atomic E-state index is 0.0776. The molecular weight excluding hydrogens is 206 g/mol. The van der Waals surface area contributed by atoms with E-state index in [0.717, 1.165) is 16.1 Å². The third kappa shape index (κ3) is 2.52. The van der Waals surface area contributed by atoms with Gasteiger partial charge in [-0.05, 0) is 5.56 Å². The highest BCUT2D eigenvalue weighted by molar-refractivity contribution is 7.13. The van der Waals surface area contributed by atoms with Crippen LogP contribution in [0.2, 0.25) is 0 Å². The largest absolute Gasteiger partial charge is 0.392 e. The van der Waals surface area contributed by atoms with E-state index in [0.29, 0.717) is 0 Å². The minimum absolute atomic E-state index is 0.0776. The molecule has 0 unspecified atom stereocenters. The summed E-state index contributed by atoms with van der Waals surface area (Å²) in [6.45, 7) is 0.0776. The van der Waals surface area contributed by atoms with E-state index >= 15 is 0 Å². The molecular formula is C12H11NOS. The molecule has 0 saturated carbocycles. The first-order valence-corrected chi connectivity index (χ1v) is 5.55. The summed E-state index contributed by atoms with van der Waals surface area (Å²) < 4.78 is 0. The highest BCUT2D eigenvalue weighted by Crippen LogP contribution is 2.21. The SMILES string of the molecule is OCC=Cc1ccc(-c2nccs2)cc1. The summed E-state index contributed by atoms with van der Waals surface area (Å²) in [6.07, 6.45) is 5.42. The first kappa shape index (κ1) is 10.1. The van der Waals surface area contributed by atoms with Crippen LogP contribution in [0.15, 0.2) is 41.9 Å². The van der Waals surface area contributed by atoms with Gasteiger partial charge in [0.2, 0.25) is 0 Å². The van der Waals surface area contributed by atoms with Crippen LogP contribution < -0.4 is 0 Å². The Balaban J connectivity index is 2.21. The zero-order valence-corrected chi connectivity index (χ0v) is 8.95. The summed E-state index contributed by atoms with van der Waals surface area (Å²) >= 11 is 1.63. The molecule has 1 aromatic heterocycles. The topological polar surface area (TPSA) is 33.1 Å². The Bertz CT molecular complexity index is 431. The van der Waals surface area contributed by atoms with Crippen molar-refractivity contribution in [1.29, 1.82) is 0 Å². The highest BCUT2D eigenvalue weighted by Gasteiger charge is 1.98. The number of aliphatic hydroxyl groups excluding tert-OH is 1. The molecule has 0 spiro atoms. The number of thiazole rings is 1. The van der Waals surface area contributed by atoms with Crippen LogP contribution in [0.5, 0.6) is 0 Å². The van der Waals surface area contributed by atoms with Crippen molar-refractivity contribution in [3.8, 4) is 10.6 Å². The van der Waals surface area contributed by atoms with Crippen molar-refractivity contribution in [2.75, 3.05) is 6.61 Å². The summed E-state index contributed by atoms with van der Waals surface area (Å²) in [5.41, 5.74) is 2.22. The van der Waals surface area contributed by atoms with Gasteiger partial charge in [-0.15, -0.1) is 11.3 Å². The van der Waals surface area contributed by atoms with E-state index in [1.54, 1.807) is 23.6 Å². The quantitative estimate of drug-likeness (QED) is 0.857. The Labute approximate surface area is 92.5 Å². The van der Waals surface area contributed by atoms with Crippen molar-refractivity contribution in [2.24, 2.45) is 0 Å². The lowest BCUT2D eigenvalue weighted by molar-refractivity contribution is 0.343. The van der Waals surface area contributed by atoms with Gasteiger partial charge in [0, 0.05) is 17.1 Å². The fourth-order valence-electron chi connectivity index (χ4n) is 1.29. The summed E-state index contributed by atoms with van der Waals surface area (Å²) in [4.78, 5) is 4.24. The zero-order chi connectivity index (χ0) is 10.5. The van der Waals surface area contributed by atoms with Crippen molar-refractivity contribution >= 4 is 17.4 Å². The monoisotopic (exact) mass is 217 g/mol. The fraction of sp³-hybridized carbons (Fsp3) is 0.0833. The van der Waals surface area contributed by atoms with Crippen LogP contribution in [0, 0.1) is 0 Å². The Kier molecular flexibility index (Phi) is 3.27. The molecule has 3 heteroatoms. The number of benzene rings is 1. The first-order chi connectivity index (χ1) is 7.40. The Morgan fingerprint density at radius 2 is 2.07 bits per heavy atom. The van der Waals surface area contributed by atoms with Gasteiger partial charge in [0.05, 0.1) is 6.61 Å². The molecule has 0 saturated heterocycles. The van der Waals surface area contributed by atoms with Crippen LogP contribution in [0.3, 0.4) is 0 Å². The Morgan fingerprint density at radius 1 is 1.27 bits per heavy atom. The second-order valence-electron chi connectivity index (χ2n) is 3.04. The molecule has 1 heterocycles. The van der Waals surface area contributed by atoms with Gasteiger partial charge in [0.25, 0.3) is 0 Å². The summed E-state index contributed by atoms with van der Waals surface area (Å²) in [6, 6.07) is 8.11. The third-order valence-corrected chi connectivity index (χ3v) is 2.83. The molecule has 2 nitrogen and oxygen atoms in total. The van der Waals surface area contributed by atoms with Crippen LogP contribution in [-0.4, -0.2) is 16.7 Å². The van der Waals surface area contributed by atoms with Crippen LogP contribution in [-0.2, 0) is 0 Å². The average molecular weight is 217 g/mol. The molecule has 2 rings (SSSR count). The second-order valence-corrected chi connectivity index (χ2v) is 3.94. The van der Waals surface area contributed by atoms with Crippen molar-refractivity contribution in [3.63, 3.8) is 0 Å². The van der Waals surface area contributed by atoms with E-state index in [4.69, 9.17) is 5.11 Å². The molecule has 0 atom stereocenters. The lowest BCUT2D eigenvalue weighted by atomic mass is 10.1. The lowest BCUT2D eigenvalue weighted by Crippen LogP contribution is -1.77. The number of rotatable bonds is 3. The van der Waals surface area contributed by atoms with E-state index in [9.17, 15) is 0 Å². The van der Waals surface area contributed by atoms with Gasteiger partial charge in [-0.1, -0.05) is 36.4 Å². The molecule has 0 radical (unpaired) electrons. The van der Waals surface area contributed by atoms with Gasteiger partial charge in [0.15, 0.2) is 0 Å². The highest BCUT2D eigenvalue weighted by atomic mass is 32.1. The molecule has 0 aliphatic heterocycles. The van der Waals surface area contributed by atoms with E-state index in [-0.39, 0.29) is 6.61 Å². The maximum Gasteiger partial charge on any atom is 0.123 e. The van der Waals surface area contributed by atoms with Gasteiger partial charge in [-0.25, -0.2) is 4.98 Å². The predicted molar refractivity (Wildman–Crippen MR) is 63.7 cm³/mol. The van der Waals surface area contributed by atoms with Gasteiger partial charge >= 0.3 is 0 Å². The summed E-state index contributed by atoms with van der Waals surface area (Å²) in [5.74, 6) is 0. The molecule has 2 aromatic rings. The van der Waals surface area contributed by atoms with Crippen molar-refractivity contribution in [3.05, 3.63) is 47.5 Å². The smallest absolute Gasteiger partial charge is 0.123 e. The maximum atomic E-state index is 8.64. The summed E-state index contributed by atoms with van der Waals surface area (Å²) in [7, 11) is 0. The molecule has 0 amide bonds. The lowest BCUT2D eigenvalue weighted by Gasteiger charge is -1.97. The normalized spacial score (nSPS) is 11.0. The number of aliphatic hydroxyl groups is 1. The van der Waals surface area contributed by atoms with Crippen LogP contribution in [0.1, 0.15) is 5.56 Å². The molecule has 15 heavy (non-hydrogen) atoms. The molecule has 1 N–H and O–H groups in total. The van der Waals surface area contributed by atoms with Gasteiger partial charge in [0.1, 0.15) is 5.01 Å². The van der Waals surface area contributed by atoms with Gasteiger partial charge in [-0.3, -0.25) is 0 Å². The Hall–Kier alpha value is -1.45. The number of aromatic nitrogens is 1. The van der Waals surface area contributed by atoms with E-state index < -0.39 is 0 Å². The van der Waals surface area contributed by atoms with E-state index in [1.165, 1.54) is 0 Å². The minimum Gasteiger partial charge on any atom is -0.392 e. The second kappa shape index (κ2) is 4.87. The standard InChI is InChI=1S/C12H11NOS/c14-8-1-2-10-3-5-11(6-4-10)12-13-7-9-15-12/h1-7,9,14H,8H2. The maximum absolute atomic E-state index is 8.64. The first-order valence-electron chi connectivity index (χ1n) is 4.67. The molecule has 1 aromatic carbocycles. The molecule has 0 aliphatic rings. The summed E-state index contributed by atoms with van der Waals surface area (Å²) in [5, 5.41) is 11.6. The van der Waals surface area contributed by atoms with E-state index in [2.05, 4.69) is 4.98 Å². The van der Waals surface area contributed by atoms with Crippen LogP contribution in [0.25, 0.3) is 16.6 Å². The van der Waals surface area contributed by atoms with Crippen LogP contribution in [0.4, 0.5) is 0 Å². The molecule has 0 bridgehead atoms. The number of hydrogen-bond donors (Lipinski definition) is 1. The third-order valence-electron chi connectivity index (χ3n) is 2.01. The number of hydrogen-bond acceptors (Lipinski definition) is 3. The molecule has 0 aliphatic carbocycles.